The van der Waals surface area contributed by atoms with E-state index in [2.05, 4.69) is 38.2 Å². The quantitative estimate of drug-likeness (QED) is 0.794. The van der Waals surface area contributed by atoms with Gasteiger partial charge in [-0.3, -0.25) is 0 Å². The number of nitrogens with one attached hydrogen (secondary N) is 1. The maximum atomic E-state index is 13.6. The van der Waals surface area contributed by atoms with E-state index in [1.165, 1.54) is 15.8 Å². The van der Waals surface area contributed by atoms with E-state index in [4.69, 9.17) is 11.6 Å². The monoisotopic (exact) mass is 297 g/mol. The van der Waals surface area contributed by atoms with Gasteiger partial charge in [0.1, 0.15) is 5.82 Å². The molecular weight excluding hydrogens is 281 g/mol. The van der Waals surface area contributed by atoms with E-state index >= 15 is 0 Å². The lowest BCUT2D eigenvalue weighted by atomic mass is 9.95. The Hall–Kier alpha value is -1.06. The zero-order valence-corrected chi connectivity index (χ0v) is 12.8. The Morgan fingerprint density at radius 3 is 2.53 bits per heavy atom. The maximum Gasteiger partial charge on any atom is 0.147 e. The molecule has 0 fully saturated rings. The van der Waals surface area contributed by atoms with Crippen LogP contribution in [0.3, 0.4) is 0 Å². The fraction of sp³-hybridized carbons (Fsp3) is 0.333. The standard InChI is InChI=1S/C15H17ClFNS/c1-15(2,3)14-7-5-11(19-14)9-18-13-6-4-10(16)8-12(13)17/h4-8,18H,9H2,1-3H3. The van der Waals surface area contributed by atoms with Crippen molar-refractivity contribution in [2.45, 2.75) is 32.7 Å². The van der Waals surface area contributed by atoms with E-state index in [9.17, 15) is 4.39 Å². The van der Waals surface area contributed by atoms with Crippen molar-refractivity contribution in [1.82, 2.24) is 0 Å². The van der Waals surface area contributed by atoms with E-state index < -0.39 is 0 Å². The average Bonchev–Trinajstić information content (AvgIpc) is 2.76. The third kappa shape index (κ3) is 3.71. The minimum atomic E-state index is -0.319. The van der Waals surface area contributed by atoms with Crippen molar-refractivity contribution in [3.05, 3.63) is 50.9 Å². The van der Waals surface area contributed by atoms with Gasteiger partial charge >= 0.3 is 0 Å². The van der Waals surface area contributed by atoms with Crippen LogP contribution in [0.1, 0.15) is 30.5 Å². The summed E-state index contributed by atoms with van der Waals surface area (Å²) in [5, 5.41) is 3.51. The largest absolute Gasteiger partial charge is 0.378 e. The normalized spacial score (nSPS) is 11.6. The van der Waals surface area contributed by atoms with Crippen molar-refractivity contribution in [2.75, 3.05) is 5.32 Å². The molecule has 0 aliphatic carbocycles. The first-order valence-corrected chi connectivity index (χ1v) is 7.34. The maximum absolute atomic E-state index is 13.6. The number of rotatable bonds is 3. The fourth-order valence-electron chi connectivity index (χ4n) is 1.69. The molecule has 0 aliphatic rings. The van der Waals surface area contributed by atoms with Crippen LogP contribution in [0.4, 0.5) is 10.1 Å². The SMILES string of the molecule is CC(C)(C)c1ccc(CNc2ccc(Cl)cc2F)s1. The summed E-state index contributed by atoms with van der Waals surface area (Å²) >= 11 is 7.48. The fourth-order valence-corrected chi connectivity index (χ4v) is 2.86. The van der Waals surface area contributed by atoms with Crippen molar-refractivity contribution in [3.63, 3.8) is 0 Å². The number of thiophene rings is 1. The summed E-state index contributed by atoms with van der Waals surface area (Å²) in [6, 6.07) is 8.89. The highest BCUT2D eigenvalue weighted by molar-refractivity contribution is 7.12. The smallest absolute Gasteiger partial charge is 0.147 e. The average molecular weight is 298 g/mol. The van der Waals surface area contributed by atoms with Crippen LogP contribution in [-0.2, 0) is 12.0 Å². The Balaban J connectivity index is 2.04. The molecule has 0 radical (unpaired) electrons. The van der Waals surface area contributed by atoms with Crippen LogP contribution >= 0.6 is 22.9 Å². The van der Waals surface area contributed by atoms with Crippen LogP contribution in [0.15, 0.2) is 30.3 Å². The second-order valence-corrected chi connectivity index (χ2v) is 7.10. The minimum absolute atomic E-state index is 0.161. The number of benzene rings is 1. The molecule has 4 heteroatoms. The van der Waals surface area contributed by atoms with Gasteiger partial charge < -0.3 is 5.32 Å². The molecule has 1 aromatic heterocycles. The van der Waals surface area contributed by atoms with E-state index in [-0.39, 0.29) is 11.2 Å². The highest BCUT2D eigenvalue weighted by Gasteiger charge is 2.15. The molecule has 0 amide bonds. The Labute approximate surface area is 122 Å². The zero-order valence-electron chi connectivity index (χ0n) is 11.3. The van der Waals surface area contributed by atoms with E-state index in [0.717, 1.165) is 0 Å². The first-order chi connectivity index (χ1) is 8.86. The van der Waals surface area contributed by atoms with Crippen molar-refractivity contribution in [2.24, 2.45) is 0 Å². The lowest BCUT2D eigenvalue weighted by Gasteiger charge is -2.15. The number of hydrogen-bond donors (Lipinski definition) is 1. The molecule has 0 atom stereocenters. The summed E-state index contributed by atoms with van der Waals surface area (Å²) in [6.45, 7) is 7.19. The van der Waals surface area contributed by atoms with Crippen LogP contribution in [0.25, 0.3) is 0 Å². The molecule has 19 heavy (non-hydrogen) atoms. The van der Waals surface area contributed by atoms with Crippen LogP contribution in [0, 0.1) is 5.82 Å². The Morgan fingerprint density at radius 2 is 1.95 bits per heavy atom. The van der Waals surface area contributed by atoms with Gasteiger partial charge in [0.15, 0.2) is 0 Å². The molecule has 0 saturated heterocycles. The molecule has 0 bridgehead atoms. The number of halogens is 2. The molecule has 0 unspecified atom stereocenters. The topological polar surface area (TPSA) is 12.0 Å². The van der Waals surface area contributed by atoms with Gasteiger partial charge in [-0.25, -0.2) is 4.39 Å². The Bertz CT molecular complexity index is 572. The van der Waals surface area contributed by atoms with Crippen molar-refractivity contribution in [3.8, 4) is 0 Å². The summed E-state index contributed by atoms with van der Waals surface area (Å²) in [5.74, 6) is -0.319. The van der Waals surface area contributed by atoms with Crippen LogP contribution in [-0.4, -0.2) is 0 Å². The molecule has 1 N–H and O–H groups in total. The van der Waals surface area contributed by atoms with Crippen LogP contribution in [0.5, 0.6) is 0 Å². The van der Waals surface area contributed by atoms with Gasteiger partial charge in [0, 0.05) is 21.3 Å². The molecule has 1 nitrogen and oxygen atoms in total. The Kier molecular flexibility index (Phi) is 4.16. The summed E-state index contributed by atoms with van der Waals surface area (Å²) in [7, 11) is 0. The van der Waals surface area contributed by atoms with Crippen LogP contribution in [0.2, 0.25) is 5.02 Å². The van der Waals surface area contributed by atoms with Crippen molar-refractivity contribution >= 4 is 28.6 Å². The zero-order chi connectivity index (χ0) is 14.0. The number of hydrogen-bond acceptors (Lipinski definition) is 2. The second-order valence-electron chi connectivity index (χ2n) is 5.49. The molecule has 1 heterocycles. The molecule has 0 spiro atoms. The first-order valence-electron chi connectivity index (χ1n) is 6.14. The van der Waals surface area contributed by atoms with E-state index in [0.29, 0.717) is 17.3 Å². The van der Waals surface area contributed by atoms with Crippen LogP contribution < -0.4 is 5.32 Å². The predicted molar refractivity (Wildman–Crippen MR) is 81.8 cm³/mol. The van der Waals surface area contributed by atoms with Gasteiger partial charge in [-0.15, -0.1) is 11.3 Å². The Morgan fingerprint density at radius 1 is 1.21 bits per heavy atom. The molecule has 0 saturated carbocycles. The molecule has 0 aliphatic heterocycles. The van der Waals surface area contributed by atoms with Gasteiger partial charge in [0.25, 0.3) is 0 Å². The van der Waals surface area contributed by atoms with Crippen molar-refractivity contribution in [1.29, 1.82) is 0 Å². The van der Waals surface area contributed by atoms with Gasteiger partial charge in [-0.1, -0.05) is 32.4 Å². The van der Waals surface area contributed by atoms with Crippen molar-refractivity contribution < 1.29 is 4.39 Å². The van der Waals surface area contributed by atoms with E-state index in [1.54, 1.807) is 23.5 Å². The molecule has 2 aromatic rings. The summed E-state index contributed by atoms with van der Waals surface area (Å²) in [6.07, 6.45) is 0. The van der Waals surface area contributed by atoms with Gasteiger partial charge in [0.2, 0.25) is 0 Å². The van der Waals surface area contributed by atoms with Gasteiger partial charge in [-0.2, -0.15) is 0 Å². The third-order valence-corrected chi connectivity index (χ3v) is 4.53. The molecular formula is C15H17ClFNS. The number of anilines is 1. The lowest BCUT2D eigenvalue weighted by Crippen LogP contribution is -2.07. The summed E-state index contributed by atoms with van der Waals surface area (Å²) in [5.41, 5.74) is 0.643. The predicted octanol–water partition coefficient (Wildman–Crippen LogP) is 5.45. The molecule has 2 rings (SSSR count). The van der Waals surface area contributed by atoms with Gasteiger partial charge in [0.05, 0.1) is 5.69 Å². The summed E-state index contributed by atoms with van der Waals surface area (Å²) in [4.78, 5) is 2.53. The van der Waals surface area contributed by atoms with Gasteiger partial charge in [-0.05, 0) is 35.7 Å². The highest BCUT2D eigenvalue weighted by Crippen LogP contribution is 2.30. The summed E-state index contributed by atoms with van der Waals surface area (Å²) < 4.78 is 13.6. The van der Waals surface area contributed by atoms with E-state index in [1.807, 2.05) is 0 Å². The molecule has 102 valence electrons. The molecule has 1 aromatic carbocycles. The highest BCUT2D eigenvalue weighted by atomic mass is 35.5. The second kappa shape index (κ2) is 5.51. The minimum Gasteiger partial charge on any atom is -0.378 e. The third-order valence-electron chi connectivity index (χ3n) is 2.79. The lowest BCUT2D eigenvalue weighted by molar-refractivity contribution is 0.604. The first kappa shape index (κ1) is 14.4.